The van der Waals surface area contributed by atoms with Crippen LogP contribution in [0.25, 0.3) is 11.3 Å². The molecule has 2 saturated heterocycles. The van der Waals surface area contributed by atoms with Gasteiger partial charge >= 0.3 is 0 Å². The number of likely N-dealkylation sites (tertiary alicyclic amines) is 1. The molecule has 2 N–H and O–H groups in total. The lowest BCUT2D eigenvalue weighted by Crippen LogP contribution is -2.54. The van der Waals surface area contributed by atoms with E-state index in [1.807, 2.05) is 0 Å². The minimum Gasteiger partial charge on any atom is -0.481 e. The number of ether oxygens (including phenoxy) is 2. The first-order valence-corrected chi connectivity index (χ1v) is 13.5. The van der Waals surface area contributed by atoms with Gasteiger partial charge in [-0.2, -0.15) is 5.10 Å². The van der Waals surface area contributed by atoms with E-state index in [2.05, 4.69) is 20.5 Å². The van der Waals surface area contributed by atoms with E-state index in [4.69, 9.17) is 9.47 Å². The Hall–Kier alpha value is -3.15. The van der Waals surface area contributed by atoms with E-state index in [1.54, 1.807) is 4.90 Å². The number of aromatic nitrogens is 3. The second-order valence-corrected chi connectivity index (χ2v) is 11.3. The minimum atomic E-state index is -2.81. The first-order valence-electron chi connectivity index (χ1n) is 13.5. The highest BCUT2D eigenvalue weighted by Gasteiger charge is 2.59. The Labute approximate surface area is 223 Å². The number of pyridine rings is 1. The number of hydrogen-bond acceptors (Lipinski definition) is 6. The molecule has 2 aliphatic heterocycles. The average Bonchev–Trinajstić information content (AvgIpc) is 3.38. The summed E-state index contributed by atoms with van der Waals surface area (Å²) < 4.78 is 53.6. The lowest BCUT2D eigenvalue weighted by atomic mass is 9.78. The molecular formula is C27H32F3N5O4. The van der Waals surface area contributed by atoms with E-state index in [9.17, 15) is 22.8 Å². The molecule has 2 aliphatic carbocycles. The molecule has 1 atom stereocenters. The van der Waals surface area contributed by atoms with Gasteiger partial charge in [-0.15, -0.1) is 0 Å². The minimum absolute atomic E-state index is 0.0700. The third kappa shape index (κ3) is 4.56. The number of amides is 2. The highest BCUT2D eigenvalue weighted by Crippen LogP contribution is 2.51. The zero-order valence-corrected chi connectivity index (χ0v) is 21.8. The van der Waals surface area contributed by atoms with E-state index in [-0.39, 0.29) is 78.0 Å². The fraction of sp³-hybridized carbons (Fsp3) is 0.630. The Balaban J connectivity index is 1.07. The van der Waals surface area contributed by atoms with Gasteiger partial charge in [0.25, 0.3) is 11.8 Å². The molecule has 0 radical (unpaired) electrons. The van der Waals surface area contributed by atoms with Gasteiger partial charge in [0.1, 0.15) is 11.3 Å². The maximum atomic E-state index is 14.3. The third-order valence-electron chi connectivity index (χ3n) is 9.07. The van der Waals surface area contributed by atoms with Gasteiger partial charge in [-0.3, -0.25) is 14.7 Å². The van der Waals surface area contributed by atoms with Crippen LogP contribution in [0.4, 0.5) is 13.2 Å². The number of rotatable bonds is 5. The summed E-state index contributed by atoms with van der Waals surface area (Å²) in [6, 6.07) is 2.79. The molecule has 0 aromatic carbocycles. The molecule has 2 saturated carbocycles. The molecular weight excluding hydrogens is 515 g/mol. The Bertz CT molecular complexity index is 1270. The molecule has 12 heteroatoms. The number of H-pyrrole nitrogens is 1. The number of aromatic amines is 1. The third-order valence-corrected chi connectivity index (χ3v) is 9.07. The maximum absolute atomic E-state index is 14.3. The first-order chi connectivity index (χ1) is 18.7. The van der Waals surface area contributed by atoms with Crippen LogP contribution in [0.3, 0.4) is 0 Å². The molecule has 0 bridgehead atoms. The van der Waals surface area contributed by atoms with E-state index in [0.717, 1.165) is 19.0 Å². The summed E-state index contributed by atoms with van der Waals surface area (Å²) in [6.45, 7) is 0.495. The second kappa shape index (κ2) is 9.50. The molecule has 39 heavy (non-hydrogen) atoms. The summed E-state index contributed by atoms with van der Waals surface area (Å²) in [4.78, 5) is 32.2. The van der Waals surface area contributed by atoms with E-state index in [1.165, 1.54) is 19.2 Å². The molecule has 2 aromatic rings. The van der Waals surface area contributed by atoms with Crippen molar-refractivity contribution in [1.29, 1.82) is 0 Å². The van der Waals surface area contributed by atoms with Crippen LogP contribution in [0.2, 0.25) is 0 Å². The SMILES string of the molecule is COc1cc(-c2cc(C(=O)N3CCC(C(=O)NC4CCC5(CC4)OCCC5(F)F)CC34CC4)[nH]n2)c(F)cn1. The van der Waals surface area contributed by atoms with Crippen molar-refractivity contribution < 1.29 is 32.2 Å². The van der Waals surface area contributed by atoms with Crippen molar-refractivity contribution >= 4 is 11.8 Å². The number of piperidine rings is 1. The molecule has 210 valence electrons. The number of halogens is 3. The summed E-state index contributed by atoms with van der Waals surface area (Å²) in [5.74, 6) is -3.70. The average molecular weight is 548 g/mol. The number of hydrogen-bond donors (Lipinski definition) is 2. The van der Waals surface area contributed by atoms with Crippen molar-refractivity contribution in [2.45, 2.75) is 80.9 Å². The van der Waals surface area contributed by atoms with E-state index < -0.39 is 17.3 Å². The molecule has 4 aliphatic rings. The summed E-state index contributed by atoms with van der Waals surface area (Å²) in [5.41, 5.74) is -1.07. The van der Waals surface area contributed by atoms with E-state index in [0.29, 0.717) is 32.2 Å². The highest BCUT2D eigenvalue weighted by atomic mass is 19.3. The standard InChI is InChI=1S/C27H32F3N5O4/c1-38-22-12-18(19(28)15-31-22)20-13-21(34-33-20)24(37)35-10-4-16(14-25(35)7-8-25)23(36)32-17-2-5-26(6-3-17)27(29,30)9-11-39-26/h12-13,15-17H,2-11,14H2,1H3,(H,32,36)(H,33,34). The molecule has 4 fully saturated rings. The van der Waals surface area contributed by atoms with Crippen LogP contribution in [0.1, 0.15) is 68.3 Å². The van der Waals surface area contributed by atoms with Gasteiger partial charge in [-0.05, 0) is 57.4 Å². The summed E-state index contributed by atoms with van der Waals surface area (Å²) in [6.07, 6.45) is 4.89. The number of nitrogens with one attached hydrogen (secondary N) is 2. The van der Waals surface area contributed by atoms with Gasteiger partial charge in [0.05, 0.1) is 25.6 Å². The van der Waals surface area contributed by atoms with Crippen LogP contribution in [-0.4, -0.2) is 75.3 Å². The van der Waals surface area contributed by atoms with Crippen LogP contribution >= 0.6 is 0 Å². The molecule has 9 nitrogen and oxygen atoms in total. The predicted molar refractivity (Wildman–Crippen MR) is 133 cm³/mol. The van der Waals surface area contributed by atoms with Crippen molar-refractivity contribution in [2.75, 3.05) is 20.3 Å². The van der Waals surface area contributed by atoms with Crippen LogP contribution in [0, 0.1) is 11.7 Å². The van der Waals surface area contributed by atoms with Crippen LogP contribution in [-0.2, 0) is 9.53 Å². The summed E-state index contributed by atoms with van der Waals surface area (Å²) >= 11 is 0. The maximum Gasteiger partial charge on any atom is 0.278 e. The number of methoxy groups -OCH3 is 1. The zero-order valence-electron chi connectivity index (χ0n) is 21.8. The number of nitrogens with zero attached hydrogens (tertiary/aromatic N) is 3. The zero-order chi connectivity index (χ0) is 27.4. The van der Waals surface area contributed by atoms with Crippen molar-refractivity contribution in [3.63, 3.8) is 0 Å². The fourth-order valence-electron chi connectivity index (χ4n) is 6.56. The second-order valence-electron chi connectivity index (χ2n) is 11.3. The predicted octanol–water partition coefficient (Wildman–Crippen LogP) is 3.86. The number of carbonyl (C=O) groups is 2. The van der Waals surface area contributed by atoms with E-state index >= 15 is 0 Å². The molecule has 2 spiro atoms. The van der Waals surface area contributed by atoms with Gasteiger partial charge in [0.15, 0.2) is 5.82 Å². The van der Waals surface area contributed by atoms with Gasteiger partial charge in [0.2, 0.25) is 11.8 Å². The summed E-state index contributed by atoms with van der Waals surface area (Å²) in [7, 11) is 1.43. The molecule has 1 unspecified atom stereocenters. The normalized spacial score (nSPS) is 29.0. The fourth-order valence-corrected chi connectivity index (χ4v) is 6.56. The Morgan fingerprint density at radius 2 is 1.92 bits per heavy atom. The van der Waals surface area contributed by atoms with Gasteiger partial charge in [0, 0.05) is 42.1 Å². The topological polar surface area (TPSA) is 109 Å². The smallest absolute Gasteiger partial charge is 0.278 e. The van der Waals surface area contributed by atoms with Crippen molar-refractivity contribution in [1.82, 2.24) is 25.4 Å². The van der Waals surface area contributed by atoms with Crippen molar-refractivity contribution in [3.05, 3.63) is 29.8 Å². The van der Waals surface area contributed by atoms with Crippen molar-refractivity contribution in [2.24, 2.45) is 5.92 Å². The number of carbonyl (C=O) groups excluding carboxylic acids is 2. The lowest BCUT2D eigenvalue weighted by molar-refractivity contribution is -0.165. The Kier molecular flexibility index (Phi) is 6.35. The van der Waals surface area contributed by atoms with Crippen molar-refractivity contribution in [3.8, 4) is 17.1 Å². The molecule has 2 amide bonds. The molecule has 6 rings (SSSR count). The first kappa shape index (κ1) is 26.1. The molecule has 2 aromatic heterocycles. The highest BCUT2D eigenvalue weighted by molar-refractivity contribution is 5.94. The largest absolute Gasteiger partial charge is 0.481 e. The van der Waals surface area contributed by atoms with Gasteiger partial charge < -0.3 is 19.7 Å². The monoisotopic (exact) mass is 547 g/mol. The Morgan fingerprint density at radius 3 is 2.59 bits per heavy atom. The van der Waals surface area contributed by atoms with Crippen LogP contribution in [0.5, 0.6) is 5.88 Å². The lowest BCUT2D eigenvalue weighted by Gasteiger charge is -2.42. The molecule has 4 heterocycles. The van der Waals surface area contributed by atoms with Crippen LogP contribution in [0.15, 0.2) is 18.3 Å². The Morgan fingerprint density at radius 1 is 1.15 bits per heavy atom. The van der Waals surface area contributed by atoms with Gasteiger partial charge in [-0.25, -0.2) is 18.2 Å². The quantitative estimate of drug-likeness (QED) is 0.589. The number of alkyl halides is 2. The summed E-state index contributed by atoms with van der Waals surface area (Å²) in [5, 5.41) is 9.96. The van der Waals surface area contributed by atoms with Crippen LogP contribution < -0.4 is 10.1 Å². The van der Waals surface area contributed by atoms with Gasteiger partial charge in [-0.1, -0.05) is 0 Å².